The molecule has 0 saturated heterocycles. The molecule has 0 saturated carbocycles. The van der Waals surface area contributed by atoms with Gasteiger partial charge in [0, 0.05) is 12.0 Å². The molecule has 0 aliphatic carbocycles. The van der Waals surface area contributed by atoms with E-state index in [4.69, 9.17) is 0 Å². The van der Waals surface area contributed by atoms with E-state index < -0.39 is 5.82 Å². The van der Waals surface area contributed by atoms with Crippen molar-refractivity contribution in [1.82, 2.24) is 5.32 Å². The zero-order valence-corrected chi connectivity index (χ0v) is 15.8. The second-order valence-corrected chi connectivity index (χ2v) is 7.84. The molecule has 2 atom stereocenters. The quantitative estimate of drug-likeness (QED) is 0.700. The summed E-state index contributed by atoms with van der Waals surface area (Å²) in [5, 5.41) is 5.02. The fraction of sp³-hybridized carbons (Fsp3) is 0.227. The number of nitrogens with one attached hydrogen (secondary N) is 2. The number of benzene rings is 2. The van der Waals surface area contributed by atoms with Gasteiger partial charge in [0.25, 0.3) is 5.91 Å². The van der Waals surface area contributed by atoms with Crippen molar-refractivity contribution in [1.29, 1.82) is 0 Å². The topological polar surface area (TPSA) is 33.5 Å². The molecule has 27 heavy (non-hydrogen) atoms. The summed E-state index contributed by atoms with van der Waals surface area (Å²) in [7, 11) is 0. The van der Waals surface area contributed by atoms with Crippen molar-refractivity contribution in [2.45, 2.75) is 19.0 Å². The van der Waals surface area contributed by atoms with Crippen LogP contribution in [-0.4, -0.2) is 19.0 Å². The van der Waals surface area contributed by atoms with Crippen molar-refractivity contribution < 1.29 is 14.1 Å². The largest absolute Gasteiger partial charge is 0.346 e. The van der Waals surface area contributed by atoms with Crippen LogP contribution in [0.2, 0.25) is 0 Å². The molecule has 1 amide bonds. The van der Waals surface area contributed by atoms with Gasteiger partial charge < -0.3 is 10.2 Å². The lowest BCUT2D eigenvalue weighted by Crippen LogP contribution is -3.12. The minimum atomic E-state index is -0.484. The summed E-state index contributed by atoms with van der Waals surface area (Å²) < 4.78 is 13.9. The highest BCUT2D eigenvalue weighted by molar-refractivity contribution is 7.10. The minimum Gasteiger partial charge on any atom is -0.346 e. The third kappa shape index (κ3) is 3.94. The van der Waals surface area contributed by atoms with E-state index in [1.54, 1.807) is 23.5 Å². The number of amides is 1. The second-order valence-electron chi connectivity index (χ2n) is 6.86. The van der Waals surface area contributed by atoms with Crippen LogP contribution in [0, 0.1) is 5.82 Å². The van der Waals surface area contributed by atoms with Gasteiger partial charge in [-0.05, 0) is 29.1 Å². The Morgan fingerprint density at radius 2 is 1.85 bits per heavy atom. The van der Waals surface area contributed by atoms with Crippen LogP contribution in [0.25, 0.3) is 0 Å². The lowest BCUT2D eigenvalue weighted by atomic mass is 9.98. The van der Waals surface area contributed by atoms with Gasteiger partial charge in [0.1, 0.15) is 18.4 Å². The van der Waals surface area contributed by atoms with Crippen LogP contribution in [0.3, 0.4) is 0 Å². The standard InChI is InChI=1S/C22H21FN2OS/c23-19-9-4-3-8-18(19)22(26)24-14-20(21-10-5-13-27-21)25-12-11-16-6-1-2-7-17(16)15-25/h1-10,13,20H,11-12,14-15H2,(H,24,26)/p+1/t20-/m1/s1. The number of hydrogen-bond donors (Lipinski definition) is 2. The number of thiophene rings is 1. The highest BCUT2D eigenvalue weighted by Gasteiger charge is 2.29. The van der Waals surface area contributed by atoms with Crippen molar-refractivity contribution in [3.8, 4) is 0 Å². The number of carbonyl (C=O) groups is 1. The molecular weight excluding hydrogens is 359 g/mol. The molecule has 2 heterocycles. The van der Waals surface area contributed by atoms with Gasteiger partial charge in [0.15, 0.2) is 0 Å². The zero-order chi connectivity index (χ0) is 18.6. The maximum Gasteiger partial charge on any atom is 0.254 e. The second kappa shape index (κ2) is 8.03. The average Bonchev–Trinajstić information content (AvgIpc) is 3.23. The molecule has 0 spiro atoms. The highest BCUT2D eigenvalue weighted by atomic mass is 32.1. The van der Waals surface area contributed by atoms with Gasteiger partial charge in [-0.2, -0.15) is 0 Å². The maximum atomic E-state index is 13.9. The van der Waals surface area contributed by atoms with Crippen LogP contribution >= 0.6 is 11.3 Å². The smallest absolute Gasteiger partial charge is 0.254 e. The van der Waals surface area contributed by atoms with E-state index in [0.29, 0.717) is 6.54 Å². The van der Waals surface area contributed by atoms with Crippen LogP contribution in [0.1, 0.15) is 32.4 Å². The van der Waals surface area contributed by atoms with E-state index in [1.165, 1.54) is 33.0 Å². The Balaban J connectivity index is 1.51. The molecule has 2 aromatic carbocycles. The van der Waals surface area contributed by atoms with E-state index >= 15 is 0 Å². The molecular formula is C22H22FN2OS+. The molecule has 1 aliphatic heterocycles. The summed E-state index contributed by atoms with van der Waals surface area (Å²) in [4.78, 5) is 15.1. The Morgan fingerprint density at radius 1 is 1.07 bits per heavy atom. The van der Waals surface area contributed by atoms with E-state index in [-0.39, 0.29) is 17.5 Å². The summed E-state index contributed by atoms with van der Waals surface area (Å²) in [6, 6.07) is 19.0. The highest BCUT2D eigenvalue weighted by Crippen LogP contribution is 2.19. The summed E-state index contributed by atoms with van der Waals surface area (Å²) in [5.41, 5.74) is 2.89. The third-order valence-corrected chi connectivity index (χ3v) is 6.20. The van der Waals surface area contributed by atoms with Crippen molar-refractivity contribution in [2.75, 3.05) is 13.1 Å². The fourth-order valence-corrected chi connectivity index (χ4v) is 4.66. The lowest BCUT2D eigenvalue weighted by Gasteiger charge is -2.32. The predicted molar refractivity (Wildman–Crippen MR) is 105 cm³/mol. The van der Waals surface area contributed by atoms with Gasteiger partial charge in [0.05, 0.1) is 23.5 Å². The summed E-state index contributed by atoms with van der Waals surface area (Å²) in [5.74, 6) is -0.839. The Morgan fingerprint density at radius 3 is 2.63 bits per heavy atom. The Kier molecular flexibility index (Phi) is 5.32. The van der Waals surface area contributed by atoms with Gasteiger partial charge in [-0.1, -0.05) is 42.5 Å². The average molecular weight is 381 g/mol. The molecule has 1 unspecified atom stereocenters. The molecule has 2 N–H and O–H groups in total. The minimum absolute atomic E-state index is 0.0985. The van der Waals surface area contributed by atoms with Crippen LogP contribution < -0.4 is 10.2 Å². The first-order valence-corrected chi connectivity index (χ1v) is 10.1. The molecule has 0 bridgehead atoms. The Labute approximate surface area is 162 Å². The SMILES string of the molecule is O=C(NC[C@H](c1cccs1)[NH+]1CCc2ccccc2C1)c1ccccc1F. The van der Waals surface area contributed by atoms with Crippen molar-refractivity contribution >= 4 is 17.2 Å². The van der Waals surface area contributed by atoms with E-state index in [1.807, 2.05) is 6.07 Å². The number of halogens is 1. The third-order valence-electron chi connectivity index (χ3n) is 5.22. The molecule has 1 aromatic heterocycles. The van der Waals surface area contributed by atoms with E-state index in [9.17, 15) is 9.18 Å². The normalized spacial score (nSPS) is 17.1. The molecule has 5 heteroatoms. The first-order valence-electron chi connectivity index (χ1n) is 9.20. The first-order chi connectivity index (χ1) is 13.2. The number of quaternary nitrogens is 1. The maximum absolute atomic E-state index is 13.9. The van der Waals surface area contributed by atoms with Gasteiger partial charge in [-0.25, -0.2) is 4.39 Å². The van der Waals surface area contributed by atoms with Crippen LogP contribution in [0.5, 0.6) is 0 Å². The molecule has 4 rings (SSSR count). The molecule has 3 aromatic rings. The Bertz CT molecular complexity index is 926. The number of rotatable bonds is 5. The fourth-order valence-electron chi connectivity index (χ4n) is 3.77. The monoisotopic (exact) mass is 381 g/mol. The zero-order valence-electron chi connectivity index (χ0n) is 15.0. The lowest BCUT2D eigenvalue weighted by molar-refractivity contribution is -0.945. The van der Waals surface area contributed by atoms with Crippen molar-refractivity contribution in [3.63, 3.8) is 0 Å². The van der Waals surface area contributed by atoms with E-state index in [2.05, 4.69) is 41.0 Å². The summed E-state index contributed by atoms with van der Waals surface area (Å²) in [6.07, 6.45) is 1.04. The summed E-state index contributed by atoms with van der Waals surface area (Å²) >= 11 is 1.71. The first kappa shape index (κ1) is 17.9. The van der Waals surface area contributed by atoms with E-state index in [0.717, 1.165) is 19.5 Å². The Hall–Kier alpha value is -2.50. The molecule has 0 fully saturated rings. The number of carbonyl (C=O) groups excluding carboxylic acids is 1. The van der Waals surface area contributed by atoms with Gasteiger partial charge in [0.2, 0.25) is 0 Å². The van der Waals surface area contributed by atoms with Crippen molar-refractivity contribution in [2.24, 2.45) is 0 Å². The van der Waals surface area contributed by atoms with Crippen LogP contribution in [0.15, 0.2) is 66.0 Å². The molecule has 1 aliphatic rings. The molecule has 138 valence electrons. The summed E-state index contributed by atoms with van der Waals surface area (Å²) in [6.45, 7) is 2.45. The van der Waals surface area contributed by atoms with Crippen molar-refractivity contribution in [3.05, 3.63) is 93.4 Å². The van der Waals surface area contributed by atoms with Crippen LogP contribution in [-0.2, 0) is 13.0 Å². The van der Waals surface area contributed by atoms with Gasteiger partial charge in [-0.3, -0.25) is 4.79 Å². The predicted octanol–water partition coefficient (Wildman–Crippen LogP) is 3.00. The number of hydrogen-bond acceptors (Lipinski definition) is 2. The molecule has 3 nitrogen and oxygen atoms in total. The van der Waals surface area contributed by atoms with Gasteiger partial charge >= 0.3 is 0 Å². The molecule has 0 radical (unpaired) electrons. The van der Waals surface area contributed by atoms with Crippen LogP contribution in [0.4, 0.5) is 4.39 Å². The number of fused-ring (bicyclic) bond motifs is 1. The van der Waals surface area contributed by atoms with Gasteiger partial charge in [-0.15, -0.1) is 11.3 Å².